The van der Waals surface area contributed by atoms with Crippen LogP contribution in [0.25, 0.3) is 21.8 Å². The average Bonchev–Trinajstić information content (AvgIpc) is 3.18. The zero-order valence-electron chi connectivity index (χ0n) is 16.2. The zero-order valence-corrected chi connectivity index (χ0v) is 17.1. The predicted molar refractivity (Wildman–Crippen MR) is 117 cm³/mol. The molecule has 0 saturated heterocycles. The van der Waals surface area contributed by atoms with E-state index in [2.05, 4.69) is 0 Å². The van der Waals surface area contributed by atoms with E-state index in [0.717, 1.165) is 21.9 Å². The quantitative estimate of drug-likeness (QED) is 0.405. The Balaban J connectivity index is 1.68. The zero-order chi connectivity index (χ0) is 20.9. The number of carbonyl (C=O) groups is 1. The summed E-state index contributed by atoms with van der Waals surface area (Å²) in [5.74, 6) is 1.26. The fourth-order valence-electron chi connectivity index (χ4n) is 3.08. The first-order valence-corrected chi connectivity index (χ1v) is 10.1. The van der Waals surface area contributed by atoms with E-state index in [1.54, 1.807) is 7.11 Å². The average molecular weight is 417 g/mol. The number of carboxylic acid groups (broad SMARTS) is 1. The Labute approximate surface area is 178 Å². The molecule has 3 aromatic carbocycles. The summed E-state index contributed by atoms with van der Waals surface area (Å²) >= 11 is 1.37. The second-order valence-electron chi connectivity index (χ2n) is 6.50. The molecule has 1 heterocycles. The molecule has 0 saturated carbocycles. The highest BCUT2D eigenvalue weighted by atomic mass is 32.1. The van der Waals surface area contributed by atoms with Gasteiger partial charge in [0, 0.05) is 10.4 Å². The fraction of sp³-hybridized carbons (Fsp3) is 0.0833. The van der Waals surface area contributed by atoms with Gasteiger partial charge in [-0.2, -0.15) is 0 Å². The Morgan fingerprint density at radius 2 is 1.60 bits per heavy atom. The Hall–Kier alpha value is -3.64. The van der Waals surface area contributed by atoms with Crippen LogP contribution in [0.2, 0.25) is 0 Å². The Morgan fingerprint density at radius 3 is 2.30 bits per heavy atom. The molecule has 1 N–H and O–H groups in total. The van der Waals surface area contributed by atoms with E-state index in [-0.39, 0.29) is 6.42 Å². The van der Waals surface area contributed by atoms with Gasteiger partial charge in [-0.05, 0) is 48.5 Å². The normalized spacial score (nSPS) is 10.6. The highest BCUT2D eigenvalue weighted by Crippen LogP contribution is 2.38. The van der Waals surface area contributed by atoms with Gasteiger partial charge in [-0.15, -0.1) is 11.3 Å². The largest absolute Gasteiger partial charge is 0.496 e. The number of aliphatic carboxylic acids is 1. The van der Waals surface area contributed by atoms with Crippen LogP contribution < -0.4 is 9.47 Å². The molecule has 5 nitrogen and oxygen atoms in total. The van der Waals surface area contributed by atoms with Crippen LogP contribution in [-0.4, -0.2) is 23.2 Å². The van der Waals surface area contributed by atoms with Gasteiger partial charge in [-0.3, -0.25) is 4.79 Å². The van der Waals surface area contributed by atoms with Crippen molar-refractivity contribution in [3.8, 4) is 39.1 Å². The molecule has 0 atom stereocenters. The number of rotatable bonds is 7. The maximum absolute atomic E-state index is 11.4. The molecule has 0 aliphatic carbocycles. The van der Waals surface area contributed by atoms with Gasteiger partial charge >= 0.3 is 5.97 Å². The second kappa shape index (κ2) is 8.80. The van der Waals surface area contributed by atoms with Crippen molar-refractivity contribution in [1.82, 2.24) is 4.98 Å². The Morgan fingerprint density at radius 1 is 0.933 bits per heavy atom. The van der Waals surface area contributed by atoms with Crippen molar-refractivity contribution >= 4 is 17.3 Å². The van der Waals surface area contributed by atoms with E-state index < -0.39 is 5.97 Å². The first-order chi connectivity index (χ1) is 14.6. The van der Waals surface area contributed by atoms with E-state index in [1.807, 2.05) is 78.9 Å². The minimum atomic E-state index is -0.893. The predicted octanol–water partition coefficient (Wildman–Crippen LogP) is 5.91. The third kappa shape index (κ3) is 4.34. The van der Waals surface area contributed by atoms with Crippen molar-refractivity contribution in [2.45, 2.75) is 6.42 Å². The number of ether oxygens (including phenoxy) is 2. The summed E-state index contributed by atoms with van der Waals surface area (Å²) in [7, 11) is 1.61. The van der Waals surface area contributed by atoms with Crippen molar-refractivity contribution in [1.29, 1.82) is 0 Å². The molecule has 0 aliphatic heterocycles. The lowest BCUT2D eigenvalue weighted by atomic mass is 10.1. The number of aromatic nitrogens is 1. The first-order valence-electron chi connectivity index (χ1n) is 9.32. The molecular weight excluding hydrogens is 398 g/mol. The summed E-state index contributed by atoms with van der Waals surface area (Å²) in [6.07, 6.45) is -0.0928. The molecule has 4 aromatic rings. The lowest BCUT2D eigenvalue weighted by Crippen LogP contribution is -1.99. The monoisotopic (exact) mass is 417 g/mol. The molecule has 4 rings (SSSR count). The number of nitrogens with zero attached hydrogens (tertiary/aromatic N) is 1. The standard InChI is InChI=1S/C24H19NO4S/c1-28-20-10-6-5-9-19(20)24-25-23(21(30-24)15-22(26)27)16-11-13-18(14-12-16)29-17-7-3-2-4-8-17/h2-14H,15H2,1H3,(H,26,27). The third-order valence-electron chi connectivity index (χ3n) is 4.45. The lowest BCUT2D eigenvalue weighted by Gasteiger charge is -2.07. The van der Waals surface area contributed by atoms with Crippen molar-refractivity contribution in [3.63, 3.8) is 0 Å². The van der Waals surface area contributed by atoms with E-state index in [0.29, 0.717) is 22.1 Å². The molecule has 0 radical (unpaired) electrons. The fourth-order valence-corrected chi connectivity index (χ4v) is 4.18. The van der Waals surface area contributed by atoms with Gasteiger partial charge in [-0.1, -0.05) is 30.3 Å². The minimum Gasteiger partial charge on any atom is -0.496 e. The van der Waals surface area contributed by atoms with Crippen LogP contribution in [0.4, 0.5) is 0 Å². The summed E-state index contributed by atoms with van der Waals surface area (Å²) in [4.78, 5) is 16.9. The van der Waals surface area contributed by atoms with E-state index in [1.165, 1.54) is 11.3 Å². The molecule has 30 heavy (non-hydrogen) atoms. The van der Waals surface area contributed by atoms with E-state index in [9.17, 15) is 9.90 Å². The van der Waals surface area contributed by atoms with Crippen molar-refractivity contribution in [3.05, 3.63) is 83.7 Å². The van der Waals surface area contributed by atoms with Gasteiger partial charge in [0.25, 0.3) is 0 Å². The van der Waals surface area contributed by atoms with Crippen LogP contribution in [0.5, 0.6) is 17.2 Å². The van der Waals surface area contributed by atoms with Gasteiger partial charge in [0.15, 0.2) is 0 Å². The van der Waals surface area contributed by atoms with Crippen LogP contribution in [0, 0.1) is 0 Å². The van der Waals surface area contributed by atoms with Crippen LogP contribution in [0.15, 0.2) is 78.9 Å². The Bertz CT molecular complexity index is 1150. The summed E-state index contributed by atoms with van der Waals surface area (Å²) in [5.41, 5.74) is 2.34. The van der Waals surface area contributed by atoms with Gasteiger partial charge in [-0.25, -0.2) is 4.98 Å². The molecule has 0 bridgehead atoms. The van der Waals surface area contributed by atoms with E-state index in [4.69, 9.17) is 14.5 Å². The maximum Gasteiger partial charge on any atom is 0.308 e. The van der Waals surface area contributed by atoms with Gasteiger partial charge < -0.3 is 14.6 Å². The van der Waals surface area contributed by atoms with E-state index >= 15 is 0 Å². The van der Waals surface area contributed by atoms with Gasteiger partial charge in [0.05, 0.1) is 24.8 Å². The number of carboxylic acids is 1. The van der Waals surface area contributed by atoms with Crippen LogP contribution in [0.1, 0.15) is 4.88 Å². The number of hydrogen-bond acceptors (Lipinski definition) is 5. The summed E-state index contributed by atoms with van der Waals surface area (Å²) in [6.45, 7) is 0. The SMILES string of the molecule is COc1ccccc1-c1nc(-c2ccc(Oc3ccccc3)cc2)c(CC(=O)O)s1. The molecule has 1 aromatic heterocycles. The van der Waals surface area contributed by atoms with Crippen LogP contribution in [-0.2, 0) is 11.2 Å². The van der Waals surface area contributed by atoms with Crippen LogP contribution >= 0.6 is 11.3 Å². The third-order valence-corrected chi connectivity index (χ3v) is 5.54. The summed E-state index contributed by atoms with van der Waals surface area (Å²) < 4.78 is 11.3. The highest BCUT2D eigenvalue weighted by Gasteiger charge is 2.18. The van der Waals surface area contributed by atoms with Gasteiger partial charge in [0.2, 0.25) is 0 Å². The van der Waals surface area contributed by atoms with Crippen molar-refractivity contribution in [2.75, 3.05) is 7.11 Å². The molecule has 0 fully saturated rings. The number of benzene rings is 3. The lowest BCUT2D eigenvalue weighted by molar-refractivity contribution is -0.136. The second-order valence-corrected chi connectivity index (χ2v) is 7.58. The Kier molecular flexibility index (Phi) is 5.77. The summed E-state index contributed by atoms with van der Waals surface area (Å²) in [6, 6.07) is 24.6. The van der Waals surface area contributed by atoms with Crippen molar-refractivity contribution in [2.24, 2.45) is 0 Å². The molecule has 0 aliphatic rings. The molecule has 0 amide bonds. The molecule has 6 heteroatoms. The number of hydrogen-bond donors (Lipinski definition) is 1. The minimum absolute atomic E-state index is 0.0928. The number of para-hydroxylation sites is 2. The van der Waals surface area contributed by atoms with Gasteiger partial charge in [0.1, 0.15) is 22.3 Å². The first kappa shape index (κ1) is 19.7. The molecular formula is C24H19NO4S. The molecule has 0 spiro atoms. The summed E-state index contributed by atoms with van der Waals surface area (Å²) in [5, 5.41) is 10.1. The number of methoxy groups -OCH3 is 1. The molecule has 150 valence electrons. The number of thiazole rings is 1. The maximum atomic E-state index is 11.4. The van der Waals surface area contributed by atoms with Crippen molar-refractivity contribution < 1.29 is 19.4 Å². The topological polar surface area (TPSA) is 68.7 Å². The molecule has 0 unspecified atom stereocenters. The highest BCUT2D eigenvalue weighted by molar-refractivity contribution is 7.15. The smallest absolute Gasteiger partial charge is 0.308 e. The van der Waals surface area contributed by atoms with Crippen LogP contribution in [0.3, 0.4) is 0 Å².